The molecule has 0 unspecified atom stereocenters. The van der Waals surface area contributed by atoms with Crippen molar-refractivity contribution in [1.29, 1.82) is 0 Å². The minimum atomic E-state index is -0.0945. The number of benzene rings is 1. The molecular formula is C19H26N4O2S. The van der Waals surface area contributed by atoms with Crippen molar-refractivity contribution in [2.75, 3.05) is 32.5 Å². The highest BCUT2D eigenvalue weighted by atomic mass is 32.1. The molecule has 140 valence electrons. The molecule has 26 heavy (non-hydrogen) atoms. The highest BCUT2D eigenvalue weighted by Crippen LogP contribution is 2.13. The molecule has 0 radical (unpaired) electrons. The summed E-state index contributed by atoms with van der Waals surface area (Å²) in [4.78, 5) is 29.0. The number of nitrogens with zero attached hydrogens (tertiary/aromatic N) is 2. The third-order valence-corrected chi connectivity index (χ3v) is 4.57. The van der Waals surface area contributed by atoms with E-state index in [0.29, 0.717) is 26.2 Å². The largest absolute Gasteiger partial charge is 0.334 e. The van der Waals surface area contributed by atoms with Gasteiger partial charge < -0.3 is 20.4 Å². The SMILES string of the molecule is CCN(Cc1cccs1)C(=O)NCc1cccc(NC(=O)CN(C)C)c1. The van der Waals surface area contributed by atoms with Gasteiger partial charge in [-0.1, -0.05) is 18.2 Å². The van der Waals surface area contributed by atoms with Crippen LogP contribution in [0.25, 0.3) is 0 Å². The van der Waals surface area contributed by atoms with E-state index in [9.17, 15) is 9.59 Å². The molecule has 1 heterocycles. The van der Waals surface area contributed by atoms with Gasteiger partial charge in [0.2, 0.25) is 5.91 Å². The fourth-order valence-corrected chi connectivity index (χ4v) is 3.17. The lowest BCUT2D eigenvalue weighted by atomic mass is 10.2. The molecule has 0 atom stereocenters. The quantitative estimate of drug-likeness (QED) is 0.747. The Morgan fingerprint density at radius 1 is 1.15 bits per heavy atom. The molecule has 0 spiro atoms. The first-order valence-electron chi connectivity index (χ1n) is 8.56. The molecule has 2 rings (SSSR count). The van der Waals surface area contributed by atoms with Crippen LogP contribution in [0.4, 0.5) is 10.5 Å². The molecule has 6 nitrogen and oxygen atoms in total. The highest BCUT2D eigenvalue weighted by molar-refractivity contribution is 7.09. The van der Waals surface area contributed by atoms with Crippen molar-refractivity contribution in [3.63, 3.8) is 0 Å². The van der Waals surface area contributed by atoms with Crippen molar-refractivity contribution >= 4 is 29.0 Å². The first-order valence-corrected chi connectivity index (χ1v) is 9.44. The molecule has 0 fully saturated rings. The standard InChI is InChI=1S/C19H26N4O2S/c1-4-23(13-17-9-6-10-26-17)19(25)20-12-15-7-5-8-16(11-15)21-18(24)14-22(2)3/h5-11H,4,12-14H2,1-3H3,(H,20,25)(H,21,24). The highest BCUT2D eigenvalue weighted by Gasteiger charge is 2.12. The topological polar surface area (TPSA) is 64.7 Å². The number of carbonyl (C=O) groups is 2. The van der Waals surface area contributed by atoms with Crippen molar-refractivity contribution < 1.29 is 9.59 Å². The summed E-state index contributed by atoms with van der Waals surface area (Å²) in [5.41, 5.74) is 1.67. The average Bonchev–Trinajstić information content (AvgIpc) is 3.10. The fourth-order valence-electron chi connectivity index (χ4n) is 2.45. The van der Waals surface area contributed by atoms with Gasteiger partial charge in [0.25, 0.3) is 0 Å². The Kier molecular flexibility index (Phi) is 7.62. The zero-order chi connectivity index (χ0) is 18.9. The lowest BCUT2D eigenvalue weighted by Gasteiger charge is -2.21. The van der Waals surface area contributed by atoms with Gasteiger partial charge in [-0.25, -0.2) is 4.79 Å². The van der Waals surface area contributed by atoms with E-state index in [1.807, 2.05) is 67.7 Å². The molecule has 2 aromatic rings. The molecule has 0 aliphatic rings. The van der Waals surface area contributed by atoms with Crippen LogP contribution in [0.1, 0.15) is 17.4 Å². The maximum atomic E-state index is 12.4. The van der Waals surface area contributed by atoms with Crippen LogP contribution in [0.15, 0.2) is 41.8 Å². The van der Waals surface area contributed by atoms with Gasteiger partial charge in [-0.05, 0) is 50.2 Å². The normalized spacial score (nSPS) is 10.6. The molecule has 0 aliphatic heterocycles. The zero-order valence-corrected chi connectivity index (χ0v) is 16.3. The van der Waals surface area contributed by atoms with Crippen LogP contribution >= 0.6 is 11.3 Å². The molecule has 3 amide bonds. The number of hydrogen-bond donors (Lipinski definition) is 2. The van der Waals surface area contributed by atoms with Gasteiger partial charge in [0.05, 0.1) is 13.1 Å². The Bertz CT molecular complexity index is 716. The molecule has 1 aromatic carbocycles. The summed E-state index contributed by atoms with van der Waals surface area (Å²) in [6.07, 6.45) is 0. The number of likely N-dealkylation sites (N-methyl/N-ethyl adjacent to an activating group) is 1. The first kappa shape index (κ1) is 19.9. The fraction of sp³-hybridized carbons (Fsp3) is 0.368. The predicted octanol–water partition coefficient (Wildman–Crippen LogP) is 2.98. The summed E-state index contributed by atoms with van der Waals surface area (Å²) in [6, 6.07) is 11.4. The molecule has 2 N–H and O–H groups in total. The van der Waals surface area contributed by atoms with E-state index in [0.717, 1.165) is 16.1 Å². The van der Waals surface area contributed by atoms with Gasteiger partial charge in [-0.15, -0.1) is 11.3 Å². The lowest BCUT2D eigenvalue weighted by molar-refractivity contribution is -0.116. The minimum Gasteiger partial charge on any atom is -0.334 e. The molecule has 0 bridgehead atoms. The van der Waals surface area contributed by atoms with Crippen molar-refractivity contribution in [2.24, 2.45) is 0 Å². The van der Waals surface area contributed by atoms with Crippen LogP contribution in [-0.4, -0.2) is 48.9 Å². The molecule has 1 aromatic heterocycles. The van der Waals surface area contributed by atoms with E-state index < -0.39 is 0 Å². The van der Waals surface area contributed by atoms with E-state index in [4.69, 9.17) is 0 Å². The monoisotopic (exact) mass is 374 g/mol. The summed E-state index contributed by atoms with van der Waals surface area (Å²) in [5, 5.41) is 7.82. The third-order valence-electron chi connectivity index (χ3n) is 3.71. The van der Waals surface area contributed by atoms with Gasteiger partial charge >= 0.3 is 6.03 Å². The average molecular weight is 375 g/mol. The number of thiophene rings is 1. The van der Waals surface area contributed by atoms with Crippen LogP contribution in [0.2, 0.25) is 0 Å². The van der Waals surface area contributed by atoms with Crippen molar-refractivity contribution in [3.8, 4) is 0 Å². The van der Waals surface area contributed by atoms with E-state index in [1.165, 1.54) is 0 Å². The van der Waals surface area contributed by atoms with E-state index >= 15 is 0 Å². The van der Waals surface area contributed by atoms with Gasteiger partial charge in [0, 0.05) is 23.7 Å². The number of rotatable bonds is 8. The van der Waals surface area contributed by atoms with Gasteiger partial charge in [0.15, 0.2) is 0 Å². The maximum Gasteiger partial charge on any atom is 0.317 e. The van der Waals surface area contributed by atoms with Gasteiger partial charge in [-0.3, -0.25) is 4.79 Å². The summed E-state index contributed by atoms with van der Waals surface area (Å²) in [5.74, 6) is -0.0655. The number of amides is 3. The molecular weight excluding hydrogens is 348 g/mol. The summed E-state index contributed by atoms with van der Waals surface area (Å²) in [7, 11) is 3.70. The van der Waals surface area contributed by atoms with Crippen molar-refractivity contribution in [1.82, 2.24) is 15.1 Å². The number of carbonyl (C=O) groups excluding carboxylic acids is 2. The van der Waals surface area contributed by atoms with E-state index in [2.05, 4.69) is 10.6 Å². The van der Waals surface area contributed by atoms with Crippen LogP contribution in [-0.2, 0) is 17.9 Å². The summed E-state index contributed by atoms with van der Waals surface area (Å²) in [6.45, 7) is 3.96. The number of urea groups is 1. The Hall–Kier alpha value is -2.38. The molecule has 0 saturated carbocycles. The molecule has 0 aliphatic carbocycles. The summed E-state index contributed by atoms with van der Waals surface area (Å²) >= 11 is 1.64. The van der Waals surface area contributed by atoms with Gasteiger partial charge in [-0.2, -0.15) is 0 Å². The Balaban J connectivity index is 1.88. The Morgan fingerprint density at radius 2 is 1.96 bits per heavy atom. The number of hydrogen-bond acceptors (Lipinski definition) is 4. The van der Waals surface area contributed by atoms with Crippen LogP contribution in [0.3, 0.4) is 0 Å². The second kappa shape index (κ2) is 9.94. The minimum absolute atomic E-state index is 0.0655. The Labute approximate surface area is 158 Å². The van der Waals surface area contributed by atoms with Crippen LogP contribution in [0, 0.1) is 0 Å². The first-order chi connectivity index (χ1) is 12.5. The van der Waals surface area contributed by atoms with Crippen molar-refractivity contribution in [3.05, 3.63) is 52.2 Å². The van der Waals surface area contributed by atoms with E-state index in [-0.39, 0.29) is 11.9 Å². The predicted molar refractivity (Wildman–Crippen MR) is 106 cm³/mol. The smallest absolute Gasteiger partial charge is 0.317 e. The van der Waals surface area contributed by atoms with E-state index in [1.54, 1.807) is 16.2 Å². The second-order valence-electron chi connectivity index (χ2n) is 6.24. The summed E-state index contributed by atoms with van der Waals surface area (Å²) < 4.78 is 0. The lowest BCUT2D eigenvalue weighted by Crippen LogP contribution is -2.38. The number of anilines is 1. The maximum absolute atomic E-state index is 12.4. The van der Waals surface area contributed by atoms with Crippen molar-refractivity contribution in [2.45, 2.75) is 20.0 Å². The second-order valence-corrected chi connectivity index (χ2v) is 7.27. The number of nitrogens with one attached hydrogen (secondary N) is 2. The van der Waals surface area contributed by atoms with Crippen LogP contribution < -0.4 is 10.6 Å². The zero-order valence-electron chi connectivity index (χ0n) is 15.5. The van der Waals surface area contributed by atoms with Gasteiger partial charge in [0.1, 0.15) is 0 Å². The third kappa shape index (κ3) is 6.50. The molecule has 0 saturated heterocycles. The molecule has 7 heteroatoms. The van der Waals surface area contributed by atoms with Crippen LogP contribution in [0.5, 0.6) is 0 Å². The Morgan fingerprint density at radius 3 is 2.62 bits per heavy atom.